The summed E-state index contributed by atoms with van der Waals surface area (Å²) in [4.78, 5) is 29.5. The highest BCUT2D eigenvalue weighted by molar-refractivity contribution is 7.22. The maximum atomic E-state index is 12.0. The Hall–Kier alpha value is -4.27. The van der Waals surface area contributed by atoms with Gasteiger partial charge in [-0.2, -0.15) is 0 Å². The van der Waals surface area contributed by atoms with Crippen LogP contribution in [0.5, 0.6) is 5.75 Å². The number of carboxylic acid groups (broad SMARTS) is 1. The summed E-state index contributed by atoms with van der Waals surface area (Å²) >= 11 is 7.92. The van der Waals surface area contributed by atoms with Crippen LogP contribution in [-0.2, 0) is 11.2 Å². The summed E-state index contributed by atoms with van der Waals surface area (Å²) in [6.45, 7) is 9.85. The average Bonchev–Trinajstić information content (AvgIpc) is 3.50. The maximum Gasteiger partial charge on any atom is 0.307 e. The summed E-state index contributed by atoms with van der Waals surface area (Å²) in [5.74, 6) is -0.310. The van der Waals surface area contributed by atoms with E-state index in [2.05, 4.69) is 27.1 Å². The number of benzene rings is 2. The minimum absolute atomic E-state index is 0.130. The van der Waals surface area contributed by atoms with Gasteiger partial charge in [0.2, 0.25) is 0 Å². The smallest absolute Gasteiger partial charge is 0.307 e. The summed E-state index contributed by atoms with van der Waals surface area (Å²) in [6, 6.07) is 15.6. The fraction of sp³-hybridized carbons (Fsp3) is 0.212. The van der Waals surface area contributed by atoms with E-state index in [9.17, 15) is 9.90 Å². The van der Waals surface area contributed by atoms with Gasteiger partial charge in [0.15, 0.2) is 0 Å². The van der Waals surface area contributed by atoms with Gasteiger partial charge in [0, 0.05) is 50.8 Å². The van der Waals surface area contributed by atoms with Crippen molar-refractivity contribution < 1.29 is 14.6 Å². The van der Waals surface area contributed by atoms with Crippen molar-refractivity contribution in [1.82, 2.24) is 19.9 Å². The molecule has 4 aromatic heterocycles. The second kappa shape index (κ2) is 10.5. The molecule has 0 amide bonds. The zero-order chi connectivity index (χ0) is 29.8. The number of aryl methyl sites for hydroxylation is 2. The molecule has 42 heavy (non-hydrogen) atoms. The number of fused-ring (bicyclic) bond motifs is 2. The van der Waals surface area contributed by atoms with Gasteiger partial charge in [-0.3, -0.25) is 9.78 Å². The number of pyridine rings is 2. The molecule has 0 aliphatic heterocycles. The molecule has 2 N–H and O–H groups in total. The molecule has 0 fully saturated rings. The Morgan fingerprint density at radius 2 is 1.86 bits per heavy atom. The number of carboxylic acids is 1. The molecule has 0 unspecified atom stereocenters. The van der Waals surface area contributed by atoms with Crippen LogP contribution in [0, 0.1) is 13.8 Å². The number of hydrogen-bond donors (Lipinski definition) is 2. The number of hydrogen-bond acceptors (Lipinski definition) is 6. The van der Waals surface area contributed by atoms with Crippen molar-refractivity contribution in [3.05, 3.63) is 82.8 Å². The second-order valence-electron chi connectivity index (χ2n) is 11.4. The van der Waals surface area contributed by atoms with Crippen molar-refractivity contribution >= 4 is 50.2 Å². The van der Waals surface area contributed by atoms with E-state index in [1.807, 2.05) is 65.1 Å². The third-order valence-corrected chi connectivity index (χ3v) is 8.25. The number of thiazole rings is 1. The minimum atomic E-state index is -0.905. The molecule has 0 saturated heterocycles. The first-order valence-electron chi connectivity index (χ1n) is 13.5. The first-order chi connectivity index (χ1) is 19.9. The van der Waals surface area contributed by atoms with Crippen LogP contribution in [-0.4, -0.2) is 36.6 Å². The number of ether oxygens (including phenoxy) is 1. The highest BCUT2D eigenvalue weighted by Gasteiger charge is 2.24. The number of aromatic nitrogens is 4. The second-order valence-corrected chi connectivity index (χ2v) is 12.8. The molecule has 0 radical (unpaired) electrons. The van der Waals surface area contributed by atoms with Crippen LogP contribution in [0.1, 0.15) is 37.6 Å². The molecule has 0 atom stereocenters. The standard InChI is InChI=1S/C33H29ClN4O3S/c1-17-10-26-30(29(24(17)15-28(39)40)23-7-6-22(34)14-27(23)41-33(3,4)5)42-32(38-26)19-8-9-35-25(13-19)21-12-20-11-18(2)37-31(20)36-16-21/h6-14,16H,15H2,1-5H3,(H,36,37)(H,39,40). The van der Waals surface area contributed by atoms with Crippen LogP contribution in [0.15, 0.2) is 60.9 Å². The number of aliphatic carboxylic acids is 1. The summed E-state index contributed by atoms with van der Waals surface area (Å²) in [6.07, 6.45) is 3.47. The third-order valence-electron chi connectivity index (χ3n) is 6.88. The van der Waals surface area contributed by atoms with Crippen LogP contribution in [0.2, 0.25) is 5.02 Å². The molecule has 6 rings (SSSR count). The monoisotopic (exact) mass is 596 g/mol. The molecule has 212 valence electrons. The summed E-state index contributed by atoms with van der Waals surface area (Å²) in [5.41, 5.74) is 7.98. The Morgan fingerprint density at radius 1 is 1.05 bits per heavy atom. The lowest BCUT2D eigenvalue weighted by molar-refractivity contribution is -0.136. The first kappa shape index (κ1) is 27.9. The molecule has 2 aromatic carbocycles. The van der Waals surface area contributed by atoms with Crippen LogP contribution in [0.25, 0.3) is 54.2 Å². The van der Waals surface area contributed by atoms with Gasteiger partial charge < -0.3 is 14.8 Å². The van der Waals surface area contributed by atoms with Gasteiger partial charge >= 0.3 is 5.97 Å². The van der Waals surface area contributed by atoms with E-state index in [1.165, 1.54) is 11.3 Å². The lowest BCUT2D eigenvalue weighted by atomic mass is 9.92. The molecule has 4 heterocycles. The van der Waals surface area contributed by atoms with Crippen molar-refractivity contribution in [2.75, 3.05) is 0 Å². The van der Waals surface area contributed by atoms with Gasteiger partial charge in [-0.05, 0) is 94.3 Å². The summed E-state index contributed by atoms with van der Waals surface area (Å²) in [7, 11) is 0. The van der Waals surface area contributed by atoms with Gasteiger partial charge in [-0.1, -0.05) is 11.6 Å². The minimum Gasteiger partial charge on any atom is -0.487 e. The van der Waals surface area contributed by atoms with Crippen molar-refractivity contribution in [2.24, 2.45) is 0 Å². The predicted octanol–water partition coefficient (Wildman–Crippen LogP) is 8.64. The van der Waals surface area contributed by atoms with Crippen LogP contribution >= 0.6 is 22.9 Å². The molecule has 9 heteroatoms. The van der Waals surface area contributed by atoms with Crippen LogP contribution in [0.3, 0.4) is 0 Å². The SMILES string of the molecule is Cc1cc2cc(-c3cc(-c4nc5cc(C)c(CC(=O)O)c(-c6ccc(Cl)cc6OC(C)(C)C)c5s4)ccn3)cnc2[nH]1. The van der Waals surface area contributed by atoms with E-state index in [4.69, 9.17) is 21.3 Å². The molecule has 7 nitrogen and oxygen atoms in total. The quantitative estimate of drug-likeness (QED) is 0.199. The topological polar surface area (TPSA) is 101 Å². The number of nitrogens with zero attached hydrogens (tertiary/aromatic N) is 3. The Morgan fingerprint density at radius 3 is 2.62 bits per heavy atom. The highest BCUT2D eigenvalue weighted by Crippen LogP contribution is 2.45. The van der Waals surface area contributed by atoms with E-state index in [0.717, 1.165) is 71.0 Å². The molecular formula is C33H29ClN4O3S. The van der Waals surface area contributed by atoms with Crippen LogP contribution in [0.4, 0.5) is 0 Å². The Labute approximate surface area is 252 Å². The maximum absolute atomic E-state index is 12.0. The predicted molar refractivity (Wildman–Crippen MR) is 170 cm³/mol. The number of H-pyrrole nitrogens is 1. The summed E-state index contributed by atoms with van der Waals surface area (Å²) < 4.78 is 7.23. The summed E-state index contributed by atoms with van der Waals surface area (Å²) in [5, 5.41) is 12.2. The van der Waals surface area contributed by atoms with Crippen molar-refractivity contribution in [2.45, 2.75) is 46.6 Å². The number of carbonyl (C=O) groups is 1. The fourth-order valence-corrected chi connectivity index (χ4v) is 6.44. The Kier molecular flexibility index (Phi) is 6.99. The molecule has 0 saturated carbocycles. The van der Waals surface area contributed by atoms with Gasteiger partial charge in [-0.25, -0.2) is 9.97 Å². The molecule has 6 aromatic rings. The Bertz CT molecular complexity index is 2000. The highest BCUT2D eigenvalue weighted by atomic mass is 35.5. The van der Waals surface area contributed by atoms with E-state index in [1.54, 1.807) is 18.3 Å². The lowest BCUT2D eigenvalue weighted by Crippen LogP contribution is -2.23. The zero-order valence-electron chi connectivity index (χ0n) is 23.9. The average molecular weight is 597 g/mol. The molecular weight excluding hydrogens is 568 g/mol. The fourth-order valence-electron chi connectivity index (χ4n) is 5.15. The Balaban J connectivity index is 1.53. The van der Waals surface area contributed by atoms with E-state index < -0.39 is 11.6 Å². The lowest BCUT2D eigenvalue weighted by Gasteiger charge is -2.24. The number of aromatic amines is 1. The van der Waals surface area contributed by atoms with Gasteiger partial charge in [0.25, 0.3) is 0 Å². The zero-order valence-corrected chi connectivity index (χ0v) is 25.4. The molecule has 0 bridgehead atoms. The van der Waals surface area contributed by atoms with E-state index >= 15 is 0 Å². The third kappa shape index (κ3) is 5.47. The normalized spacial score (nSPS) is 11.9. The van der Waals surface area contributed by atoms with E-state index in [-0.39, 0.29) is 6.42 Å². The van der Waals surface area contributed by atoms with Crippen molar-refractivity contribution in [3.63, 3.8) is 0 Å². The number of nitrogens with one attached hydrogen (secondary N) is 1. The van der Waals surface area contributed by atoms with Gasteiger partial charge in [-0.15, -0.1) is 11.3 Å². The first-order valence-corrected chi connectivity index (χ1v) is 14.7. The molecule has 0 aliphatic rings. The molecule has 0 aliphatic carbocycles. The largest absolute Gasteiger partial charge is 0.487 e. The van der Waals surface area contributed by atoms with Gasteiger partial charge in [0.1, 0.15) is 22.0 Å². The number of rotatable bonds is 6. The number of halogens is 1. The van der Waals surface area contributed by atoms with Crippen molar-refractivity contribution in [3.8, 4) is 38.7 Å². The molecule has 0 spiro atoms. The van der Waals surface area contributed by atoms with E-state index in [0.29, 0.717) is 10.8 Å². The van der Waals surface area contributed by atoms with Crippen LogP contribution < -0.4 is 4.74 Å². The van der Waals surface area contributed by atoms with Gasteiger partial charge in [0.05, 0.1) is 22.3 Å². The van der Waals surface area contributed by atoms with Crippen molar-refractivity contribution in [1.29, 1.82) is 0 Å².